The highest BCUT2D eigenvalue weighted by molar-refractivity contribution is 5.91. The summed E-state index contributed by atoms with van der Waals surface area (Å²) in [7, 11) is 0. The molecular weight excluding hydrogens is 464 g/mol. The van der Waals surface area contributed by atoms with Gasteiger partial charge in [0.2, 0.25) is 0 Å². The number of nitrogens with zero attached hydrogens (tertiary/aromatic N) is 5. The van der Waals surface area contributed by atoms with Crippen LogP contribution < -0.4 is 0 Å². The number of tetrazole rings is 1. The zero-order valence-corrected chi connectivity index (χ0v) is 21.4. The van der Waals surface area contributed by atoms with Crippen molar-refractivity contribution in [1.82, 2.24) is 30.2 Å². The standard InChI is InChI=1S/C29H32N6O2/c1-3-9-26-30-28-22(18-27(36)37-4-2)10-5-8-13-25(28)35(26)19-20-14-16-21(17-15-20)23-11-6-7-12-24(23)29-31-33-34-32-29/h6-7,11-12,14-18H,3-5,8-10,13,19H2,1-2H3,(H,31,32,33,34). The van der Waals surface area contributed by atoms with E-state index in [1.54, 1.807) is 6.08 Å². The number of H-pyrrole nitrogens is 1. The Labute approximate surface area is 216 Å². The fourth-order valence-corrected chi connectivity index (χ4v) is 5.03. The molecule has 0 bridgehead atoms. The van der Waals surface area contributed by atoms with Crippen molar-refractivity contribution < 1.29 is 9.53 Å². The summed E-state index contributed by atoms with van der Waals surface area (Å²) in [5, 5.41) is 14.4. The van der Waals surface area contributed by atoms with Crippen LogP contribution >= 0.6 is 0 Å². The Hall–Kier alpha value is -4.07. The number of fused-ring (bicyclic) bond motifs is 1. The van der Waals surface area contributed by atoms with E-state index in [0.717, 1.165) is 78.9 Å². The highest BCUT2D eigenvalue weighted by Crippen LogP contribution is 2.32. The molecule has 1 aliphatic carbocycles. The van der Waals surface area contributed by atoms with Crippen molar-refractivity contribution in [3.8, 4) is 22.5 Å². The molecule has 190 valence electrons. The Kier molecular flexibility index (Phi) is 7.54. The normalized spacial score (nSPS) is 14.4. The first kappa shape index (κ1) is 24.6. The second-order valence-electron chi connectivity index (χ2n) is 9.28. The third-order valence-corrected chi connectivity index (χ3v) is 6.75. The quantitative estimate of drug-likeness (QED) is 0.199. The monoisotopic (exact) mass is 496 g/mol. The van der Waals surface area contributed by atoms with Crippen LogP contribution in [0.3, 0.4) is 0 Å². The first-order valence-electron chi connectivity index (χ1n) is 13.1. The maximum absolute atomic E-state index is 12.2. The van der Waals surface area contributed by atoms with E-state index in [-0.39, 0.29) is 5.97 Å². The molecule has 1 N–H and O–H groups in total. The number of allylic oxidation sites excluding steroid dienone is 1. The predicted molar refractivity (Wildman–Crippen MR) is 143 cm³/mol. The first-order chi connectivity index (χ1) is 18.2. The maximum atomic E-state index is 12.2. The average Bonchev–Trinajstić information content (AvgIpc) is 3.51. The molecule has 1 aliphatic rings. The molecule has 8 nitrogen and oxygen atoms in total. The third kappa shape index (κ3) is 5.38. The molecular formula is C29H32N6O2. The zero-order chi connectivity index (χ0) is 25.6. The van der Waals surface area contributed by atoms with Crippen LogP contribution in [0.25, 0.3) is 28.1 Å². The van der Waals surface area contributed by atoms with Gasteiger partial charge in [0, 0.05) is 30.3 Å². The number of rotatable bonds is 8. The number of benzene rings is 2. The molecule has 0 atom stereocenters. The minimum atomic E-state index is -0.283. The van der Waals surface area contributed by atoms with Gasteiger partial charge in [-0.3, -0.25) is 0 Å². The maximum Gasteiger partial charge on any atom is 0.331 e. The van der Waals surface area contributed by atoms with Gasteiger partial charge >= 0.3 is 5.97 Å². The lowest BCUT2D eigenvalue weighted by molar-refractivity contribution is -0.137. The molecule has 4 aromatic rings. The van der Waals surface area contributed by atoms with E-state index >= 15 is 0 Å². The van der Waals surface area contributed by atoms with Crippen LogP contribution in [0.1, 0.15) is 62.3 Å². The smallest absolute Gasteiger partial charge is 0.331 e. The lowest BCUT2D eigenvalue weighted by Gasteiger charge is -2.13. The van der Waals surface area contributed by atoms with Gasteiger partial charge in [-0.2, -0.15) is 0 Å². The Morgan fingerprint density at radius 3 is 2.57 bits per heavy atom. The van der Waals surface area contributed by atoms with Gasteiger partial charge in [0.05, 0.1) is 12.3 Å². The Morgan fingerprint density at radius 1 is 1.05 bits per heavy atom. The first-order valence-corrected chi connectivity index (χ1v) is 13.1. The SMILES string of the molecule is CCCc1nc2c(n1Cc1ccc(-c3ccccc3-c3nnn[nH]3)cc1)CCCCC2=CC(=O)OCC. The molecule has 37 heavy (non-hydrogen) atoms. The summed E-state index contributed by atoms with van der Waals surface area (Å²) in [5.41, 5.74) is 7.55. The van der Waals surface area contributed by atoms with Crippen molar-refractivity contribution in [1.29, 1.82) is 0 Å². The van der Waals surface area contributed by atoms with Gasteiger partial charge in [-0.1, -0.05) is 55.5 Å². The number of nitrogens with one attached hydrogen (secondary N) is 1. The largest absolute Gasteiger partial charge is 0.463 e. The Morgan fingerprint density at radius 2 is 1.84 bits per heavy atom. The zero-order valence-electron chi connectivity index (χ0n) is 21.4. The molecule has 0 radical (unpaired) electrons. The second-order valence-corrected chi connectivity index (χ2v) is 9.28. The summed E-state index contributed by atoms with van der Waals surface area (Å²) >= 11 is 0. The van der Waals surface area contributed by atoms with E-state index < -0.39 is 0 Å². The van der Waals surface area contributed by atoms with Crippen LogP contribution in [0.2, 0.25) is 0 Å². The van der Waals surface area contributed by atoms with Gasteiger partial charge < -0.3 is 9.30 Å². The second kappa shape index (κ2) is 11.3. The molecule has 0 spiro atoms. The highest BCUT2D eigenvalue weighted by atomic mass is 16.5. The summed E-state index contributed by atoms with van der Waals surface area (Å²) in [4.78, 5) is 17.3. The summed E-state index contributed by atoms with van der Waals surface area (Å²) in [6, 6.07) is 16.8. The average molecular weight is 497 g/mol. The van der Waals surface area contributed by atoms with E-state index in [0.29, 0.717) is 12.4 Å². The Bertz CT molecular complexity index is 1390. The number of ether oxygens (including phenoxy) is 1. The van der Waals surface area contributed by atoms with Crippen molar-refractivity contribution in [3.05, 3.63) is 77.4 Å². The van der Waals surface area contributed by atoms with Crippen LogP contribution in [-0.4, -0.2) is 42.8 Å². The Balaban J connectivity index is 1.46. The van der Waals surface area contributed by atoms with Gasteiger partial charge in [0.25, 0.3) is 0 Å². The summed E-state index contributed by atoms with van der Waals surface area (Å²) < 4.78 is 7.56. The number of hydrogen-bond donors (Lipinski definition) is 1. The van der Waals surface area contributed by atoms with E-state index in [2.05, 4.69) is 62.4 Å². The van der Waals surface area contributed by atoms with Crippen molar-refractivity contribution in [3.63, 3.8) is 0 Å². The van der Waals surface area contributed by atoms with Gasteiger partial charge in [-0.25, -0.2) is 14.9 Å². The van der Waals surface area contributed by atoms with Crippen molar-refractivity contribution in [2.24, 2.45) is 0 Å². The van der Waals surface area contributed by atoms with Crippen LogP contribution in [0.4, 0.5) is 0 Å². The summed E-state index contributed by atoms with van der Waals surface area (Å²) in [6.45, 7) is 5.13. The van der Waals surface area contributed by atoms with E-state index in [1.165, 1.54) is 11.3 Å². The van der Waals surface area contributed by atoms with Crippen molar-refractivity contribution >= 4 is 11.5 Å². The summed E-state index contributed by atoms with van der Waals surface area (Å²) in [6.07, 6.45) is 7.49. The van der Waals surface area contributed by atoms with E-state index in [4.69, 9.17) is 9.72 Å². The fraction of sp³-hybridized carbons (Fsp3) is 0.345. The number of imidazole rings is 1. The van der Waals surface area contributed by atoms with Gasteiger partial charge in [-0.15, -0.1) is 5.10 Å². The van der Waals surface area contributed by atoms with Crippen molar-refractivity contribution in [2.45, 2.75) is 58.9 Å². The number of aromatic nitrogens is 6. The lowest BCUT2D eigenvalue weighted by Crippen LogP contribution is -2.09. The number of esters is 1. The van der Waals surface area contributed by atoms with Crippen LogP contribution in [0.5, 0.6) is 0 Å². The van der Waals surface area contributed by atoms with E-state index in [9.17, 15) is 4.79 Å². The van der Waals surface area contributed by atoms with Gasteiger partial charge in [0.15, 0.2) is 5.82 Å². The molecule has 0 amide bonds. The molecule has 0 fully saturated rings. The molecule has 0 unspecified atom stereocenters. The molecule has 2 aromatic carbocycles. The molecule has 5 rings (SSSR count). The molecule has 0 aliphatic heterocycles. The lowest BCUT2D eigenvalue weighted by atomic mass is 9.98. The van der Waals surface area contributed by atoms with Crippen LogP contribution in [-0.2, 0) is 28.9 Å². The molecule has 0 saturated heterocycles. The minimum Gasteiger partial charge on any atom is -0.463 e. The number of hydrogen-bond acceptors (Lipinski definition) is 6. The topological polar surface area (TPSA) is 98.6 Å². The minimum absolute atomic E-state index is 0.283. The predicted octanol–water partition coefficient (Wildman–Crippen LogP) is 5.40. The van der Waals surface area contributed by atoms with Gasteiger partial charge in [0.1, 0.15) is 5.82 Å². The molecule has 0 saturated carbocycles. The summed E-state index contributed by atoms with van der Waals surface area (Å²) in [5.74, 6) is 1.45. The van der Waals surface area contributed by atoms with Crippen LogP contribution in [0, 0.1) is 0 Å². The van der Waals surface area contributed by atoms with Crippen molar-refractivity contribution in [2.75, 3.05) is 6.61 Å². The van der Waals surface area contributed by atoms with Crippen LogP contribution in [0.15, 0.2) is 54.6 Å². The molecule has 2 aromatic heterocycles. The fourth-order valence-electron chi connectivity index (χ4n) is 5.03. The number of aromatic amines is 1. The molecule has 2 heterocycles. The third-order valence-electron chi connectivity index (χ3n) is 6.75. The number of aryl methyl sites for hydroxylation is 1. The van der Waals surface area contributed by atoms with E-state index in [1.807, 2.05) is 25.1 Å². The number of carbonyl (C=O) groups excluding carboxylic acids is 1. The highest BCUT2D eigenvalue weighted by Gasteiger charge is 2.23. The molecule has 8 heteroatoms. The number of carbonyl (C=O) groups is 1. The van der Waals surface area contributed by atoms with Gasteiger partial charge in [-0.05, 0) is 71.7 Å².